The van der Waals surface area contributed by atoms with Crippen molar-refractivity contribution in [1.29, 1.82) is 0 Å². The number of thiophene rings is 1. The molecular weight excluding hydrogens is 300 g/mol. The van der Waals surface area contributed by atoms with Crippen LogP contribution in [0.1, 0.15) is 9.67 Å². The molecule has 3 aromatic rings. The Balaban J connectivity index is 2.09. The molecule has 0 saturated heterocycles. The molecule has 0 unspecified atom stereocenters. The van der Waals surface area contributed by atoms with Crippen LogP contribution < -0.4 is 4.74 Å². The SMILES string of the molecule is C#CCOc1cc(-n2cnc3ccccc32)sc1C(=O)OC. The predicted octanol–water partition coefficient (Wildman–Crippen LogP) is 2.89. The van der Waals surface area contributed by atoms with Gasteiger partial charge in [-0.3, -0.25) is 4.57 Å². The second-order valence-corrected chi connectivity index (χ2v) is 5.40. The molecule has 0 atom stereocenters. The summed E-state index contributed by atoms with van der Waals surface area (Å²) in [4.78, 5) is 16.6. The van der Waals surface area contributed by atoms with Crippen molar-refractivity contribution in [2.24, 2.45) is 0 Å². The van der Waals surface area contributed by atoms with Crippen molar-refractivity contribution >= 4 is 28.3 Å². The molecule has 0 aliphatic rings. The van der Waals surface area contributed by atoms with Gasteiger partial charge in [0.25, 0.3) is 0 Å². The van der Waals surface area contributed by atoms with Crippen LogP contribution in [-0.2, 0) is 4.74 Å². The molecule has 5 nitrogen and oxygen atoms in total. The lowest BCUT2D eigenvalue weighted by Gasteiger charge is -2.01. The van der Waals surface area contributed by atoms with Gasteiger partial charge in [0, 0.05) is 6.07 Å². The molecule has 6 heteroatoms. The summed E-state index contributed by atoms with van der Waals surface area (Å²) in [6, 6.07) is 9.52. The van der Waals surface area contributed by atoms with Gasteiger partial charge in [-0.1, -0.05) is 18.1 Å². The zero-order valence-corrected chi connectivity index (χ0v) is 12.6. The van der Waals surface area contributed by atoms with Crippen LogP contribution in [0.2, 0.25) is 0 Å². The Morgan fingerprint density at radius 2 is 2.27 bits per heavy atom. The lowest BCUT2D eigenvalue weighted by molar-refractivity contribution is 0.0602. The first-order chi connectivity index (χ1) is 10.7. The number of carbonyl (C=O) groups is 1. The zero-order chi connectivity index (χ0) is 15.5. The number of fused-ring (bicyclic) bond motifs is 1. The molecule has 0 radical (unpaired) electrons. The summed E-state index contributed by atoms with van der Waals surface area (Å²) in [5.41, 5.74) is 1.82. The second-order valence-electron chi connectivity index (χ2n) is 4.37. The highest BCUT2D eigenvalue weighted by Gasteiger charge is 2.20. The van der Waals surface area contributed by atoms with Crippen LogP contribution in [0.25, 0.3) is 16.0 Å². The maximum absolute atomic E-state index is 11.9. The van der Waals surface area contributed by atoms with Crippen LogP contribution >= 0.6 is 11.3 Å². The number of methoxy groups -OCH3 is 1. The average molecular weight is 312 g/mol. The highest BCUT2D eigenvalue weighted by Crippen LogP contribution is 2.34. The fourth-order valence-electron chi connectivity index (χ4n) is 2.08. The molecule has 3 rings (SSSR count). The van der Waals surface area contributed by atoms with E-state index >= 15 is 0 Å². The van der Waals surface area contributed by atoms with Gasteiger partial charge in [-0.25, -0.2) is 9.78 Å². The number of rotatable bonds is 4. The van der Waals surface area contributed by atoms with Gasteiger partial charge >= 0.3 is 5.97 Å². The minimum Gasteiger partial charge on any atom is -0.479 e. The smallest absolute Gasteiger partial charge is 0.351 e. The molecule has 0 fully saturated rings. The van der Waals surface area contributed by atoms with Gasteiger partial charge in [0.2, 0.25) is 0 Å². The Labute approximate surface area is 131 Å². The Kier molecular flexibility index (Phi) is 3.81. The number of ether oxygens (including phenoxy) is 2. The summed E-state index contributed by atoms with van der Waals surface area (Å²) in [6.07, 6.45) is 6.92. The van der Waals surface area contributed by atoms with E-state index in [-0.39, 0.29) is 6.61 Å². The largest absolute Gasteiger partial charge is 0.479 e. The molecule has 22 heavy (non-hydrogen) atoms. The fourth-order valence-corrected chi connectivity index (χ4v) is 3.08. The number of hydrogen-bond donors (Lipinski definition) is 0. The highest BCUT2D eigenvalue weighted by atomic mass is 32.1. The van der Waals surface area contributed by atoms with E-state index in [1.54, 1.807) is 12.4 Å². The van der Waals surface area contributed by atoms with Crippen molar-refractivity contribution < 1.29 is 14.3 Å². The average Bonchev–Trinajstić information content (AvgIpc) is 3.15. The second kappa shape index (κ2) is 5.92. The van der Waals surface area contributed by atoms with E-state index in [0.717, 1.165) is 16.0 Å². The Hall–Kier alpha value is -2.78. The monoisotopic (exact) mass is 312 g/mol. The first-order valence-electron chi connectivity index (χ1n) is 6.45. The number of hydrogen-bond acceptors (Lipinski definition) is 5. The van der Waals surface area contributed by atoms with Crippen molar-refractivity contribution in [3.05, 3.63) is 41.5 Å². The predicted molar refractivity (Wildman–Crippen MR) is 84.6 cm³/mol. The van der Waals surface area contributed by atoms with Gasteiger partial charge in [0.1, 0.15) is 23.7 Å². The third-order valence-corrected chi connectivity index (χ3v) is 4.15. The first-order valence-corrected chi connectivity index (χ1v) is 7.27. The number of nitrogens with zero attached hydrogens (tertiary/aromatic N) is 2. The maximum Gasteiger partial charge on any atom is 0.351 e. The van der Waals surface area contributed by atoms with Gasteiger partial charge in [-0.05, 0) is 12.1 Å². The number of esters is 1. The summed E-state index contributed by atoms with van der Waals surface area (Å²) >= 11 is 1.27. The summed E-state index contributed by atoms with van der Waals surface area (Å²) in [5, 5.41) is 0.807. The first kappa shape index (κ1) is 14.2. The Bertz CT molecular complexity index is 873. The number of imidazole rings is 1. The maximum atomic E-state index is 11.9. The van der Waals surface area contributed by atoms with Crippen LogP contribution in [0.3, 0.4) is 0 Å². The van der Waals surface area contributed by atoms with E-state index in [4.69, 9.17) is 15.9 Å². The fraction of sp³-hybridized carbons (Fsp3) is 0.125. The summed E-state index contributed by atoms with van der Waals surface area (Å²) in [5.74, 6) is 2.35. The quantitative estimate of drug-likeness (QED) is 0.549. The molecule has 0 amide bonds. The molecule has 0 N–H and O–H groups in total. The zero-order valence-electron chi connectivity index (χ0n) is 11.8. The van der Waals surface area contributed by atoms with Crippen LogP contribution in [0.5, 0.6) is 5.75 Å². The highest BCUT2D eigenvalue weighted by molar-refractivity contribution is 7.16. The molecule has 2 heterocycles. The third-order valence-electron chi connectivity index (χ3n) is 3.06. The summed E-state index contributed by atoms with van der Waals surface area (Å²) in [6.45, 7) is 0.0881. The number of aromatic nitrogens is 2. The molecular formula is C16H12N2O3S. The minimum absolute atomic E-state index is 0.0881. The lowest BCUT2D eigenvalue weighted by atomic mass is 10.3. The van der Waals surface area contributed by atoms with Crippen molar-refractivity contribution in [2.45, 2.75) is 0 Å². The van der Waals surface area contributed by atoms with Crippen molar-refractivity contribution in [1.82, 2.24) is 9.55 Å². The molecule has 110 valence electrons. The molecule has 0 aliphatic heterocycles. The number of para-hydroxylation sites is 2. The van der Waals surface area contributed by atoms with Crippen LogP contribution in [0.15, 0.2) is 36.7 Å². The van der Waals surface area contributed by atoms with E-state index < -0.39 is 5.97 Å². The van der Waals surface area contributed by atoms with Gasteiger partial charge in [0.05, 0.1) is 18.1 Å². The van der Waals surface area contributed by atoms with Gasteiger partial charge < -0.3 is 9.47 Å². The summed E-state index contributed by atoms with van der Waals surface area (Å²) < 4.78 is 12.1. The molecule has 0 saturated carbocycles. The standard InChI is InChI=1S/C16H12N2O3S/c1-3-8-21-13-9-14(22-15(13)16(19)20-2)18-10-17-11-6-4-5-7-12(11)18/h1,4-7,9-10H,8H2,2H3. The van der Waals surface area contributed by atoms with Crippen LogP contribution in [-0.4, -0.2) is 29.2 Å². The number of terminal acetylenes is 1. The molecule has 0 spiro atoms. The van der Waals surface area contributed by atoms with Crippen LogP contribution in [0, 0.1) is 12.3 Å². The van der Waals surface area contributed by atoms with E-state index in [1.807, 2.05) is 28.8 Å². The van der Waals surface area contributed by atoms with Crippen molar-refractivity contribution in [2.75, 3.05) is 13.7 Å². The molecule has 2 aromatic heterocycles. The van der Waals surface area contributed by atoms with Gasteiger partial charge in [-0.15, -0.1) is 17.8 Å². The van der Waals surface area contributed by atoms with Gasteiger partial charge in [-0.2, -0.15) is 0 Å². The van der Waals surface area contributed by atoms with E-state index in [2.05, 4.69) is 10.9 Å². The van der Waals surface area contributed by atoms with Crippen molar-refractivity contribution in [3.8, 4) is 23.1 Å². The number of carbonyl (C=O) groups excluding carboxylic acids is 1. The third kappa shape index (κ3) is 2.43. The van der Waals surface area contributed by atoms with Gasteiger partial charge in [0.15, 0.2) is 4.88 Å². The van der Waals surface area contributed by atoms with E-state index in [0.29, 0.717) is 10.6 Å². The Morgan fingerprint density at radius 1 is 1.45 bits per heavy atom. The minimum atomic E-state index is -0.451. The van der Waals surface area contributed by atoms with E-state index in [9.17, 15) is 4.79 Å². The Morgan fingerprint density at radius 3 is 3.05 bits per heavy atom. The lowest BCUT2D eigenvalue weighted by Crippen LogP contribution is -2.02. The summed E-state index contributed by atoms with van der Waals surface area (Å²) in [7, 11) is 1.33. The normalized spacial score (nSPS) is 10.4. The molecule has 0 aliphatic carbocycles. The molecule has 0 bridgehead atoms. The van der Waals surface area contributed by atoms with E-state index in [1.165, 1.54) is 18.4 Å². The topological polar surface area (TPSA) is 53.4 Å². The van der Waals surface area contributed by atoms with Crippen LogP contribution in [0.4, 0.5) is 0 Å². The number of benzene rings is 1. The molecule has 1 aromatic carbocycles. The van der Waals surface area contributed by atoms with Crippen molar-refractivity contribution in [3.63, 3.8) is 0 Å².